The number of rotatable bonds is 7. The summed E-state index contributed by atoms with van der Waals surface area (Å²) in [5, 5.41) is 15.0. The van der Waals surface area contributed by atoms with Crippen LogP contribution in [0.1, 0.15) is 18.1 Å². The molecule has 0 aliphatic carbocycles. The fraction of sp³-hybridized carbons (Fsp3) is 0.278. The predicted molar refractivity (Wildman–Crippen MR) is 95.7 cm³/mol. The molecule has 0 aliphatic rings. The third-order valence-corrected chi connectivity index (χ3v) is 3.71. The van der Waals surface area contributed by atoms with Crippen LogP contribution in [0.15, 0.2) is 42.5 Å². The molecule has 2 amide bonds. The van der Waals surface area contributed by atoms with Gasteiger partial charge in [0, 0.05) is 6.54 Å². The summed E-state index contributed by atoms with van der Waals surface area (Å²) in [6.45, 7) is 2.84. The molecular weight excluding hydrogens is 328 g/mol. The molecule has 0 saturated carbocycles. The highest BCUT2D eigenvalue weighted by atomic mass is 35.5. The molecule has 6 heteroatoms. The molecule has 0 radical (unpaired) electrons. The Morgan fingerprint density at radius 1 is 1.17 bits per heavy atom. The van der Waals surface area contributed by atoms with Gasteiger partial charge in [0.2, 0.25) is 0 Å². The SMILES string of the molecule is CCOc1c(Cl)cccc1NC(=O)NCCc1ccc(CO)cc1. The first-order valence-electron chi connectivity index (χ1n) is 7.79. The summed E-state index contributed by atoms with van der Waals surface area (Å²) < 4.78 is 5.47. The van der Waals surface area contributed by atoms with Gasteiger partial charge in [-0.1, -0.05) is 41.9 Å². The van der Waals surface area contributed by atoms with Crippen LogP contribution in [0, 0.1) is 0 Å². The predicted octanol–water partition coefficient (Wildman–Crippen LogP) is 3.60. The van der Waals surface area contributed by atoms with Crippen LogP contribution < -0.4 is 15.4 Å². The van der Waals surface area contributed by atoms with Crippen molar-refractivity contribution in [1.29, 1.82) is 0 Å². The zero-order valence-electron chi connectivity index (χ0n) is 13.5. The van der Waals surface area contributed by atoms with E-state index >= 15 is 0 Å². The number of ether oxygens (including phenoxy) is 1. The van der Waals surface area contributed by atoms with Gasteiger partial charge in [-0.15, -0.1) is 0 Å². The molecule has 0 spiro atoms. The smallest absolute Gasteiger partial charge is 0.319 e. The standard InChI is InChI=1S/C18H21ClN2O3/c1-2-24-17-15(19)4-3-5-16(17)21-18(23)20-11-10-13-6-8-14(12-22)9-7-13/h3-9,22H,2,10-12H2,1H3,(H2,20,21,23). The molecule has 0 bridgehead atoms. The van der Waals surface area contributed by atoms with Crippen LogP contribution >= 0.6 is 11.6 Å². The second-order valence-electron chi connectivity index (χ2n) is 5.16. The van der Waals surface area contributed by atoms with Gasteiger partial charge in [-0.2, -0.15) is 0 Å². The molecule has 128 valence electrons. The van der Waals surface area contributed by atoms with E-state index in [4.69, 9.17) is 21.4 Å². The molecule has 2 aromatic rings. The molecule has 5 nitrogen and oxygen atoms in total. The monoisotopic (exact) mass is 348 g/mol. The van der Waals surface area contributed by atoms with Crippen LogP contribution in [0.4, 0.5) is 10.5 Å². The summed E-state index contributed by atoms with van der Waals surface area (Å²) in [5.74, 6) is 0.469. The minimum atomic E-state index is -0.315. The second-order valence-corrected chi connectivity index (χ2v) is 5.56. The lowest BCUT2D eigenvalue weighted by molar-refractivity contribution is 0.252. The van der Waals surface area contributed by atoms with Crippen molar-refractivity contribution in [2.75, 3.05) is 18.5 Å². The Morgan fingerprint density at radius 2 is 1.88 bits per heavy atom. The number of carbonyl (C=O) groups is 1. The first-order valence-corrected chi connectivity index (χ1v) is 8.16. The summed E-state index contributed by atoms with van der Waals surface area (Å²) >= 11 is 6.09. The molecule has 3 N–H and O–H groups in total. The average Bonchev–Trinajstić information content (AvgIpc) is 2.58. The van der Waals surface area contributed by atoms with Crippen LogP contribution in [0.2, 0.25) is 5.02 Å². The maximum atomic E-state index is 12.0. The first kappa shape index (κ1) is 18.1. The fourth-order valence-electron chi connectivity index (χ4n) is 2.20. The zero-order valence-corrected chi connectivity index (χ0v) is 14.3. The number of aliphatic hydroxyl groups is 1. The molecular formula is C18H21ClN2O3. The van der Waals surface area contributed by atoms with Gasteiger partial charge in [0.15, 0.2) is 5.75 Å². The van der Waals surface area contributed by atoms with Crippen LogP contribution in [-0.4, -0.2) is 24.3 Å². The van der Waals surface area contributed by atoms with Crippen LogP contribution in [0.5, 0.6) is 5.75 Å². The maximum absolute atomic E-state index is 12.0. The molecule has 2 aromatic carbocycles. The van der Waals surface area contributed by atoms with E-state index in [-0.39, 0.29) is 12.6 Å². The Morgan fingerprint density at radius 3 is 2.54 bits per heavy atom. The molecule has 0 saturated heterocycles. The van der Waals surface area contributed by atoms with Gasteiger partial charge < -0.3 is 20.5 Å². The number of amides is 2. The number of benzene rings is 2. The summed E-state index contributed by atoms with van der Waals surface area (Å²) in [4.78, 5) is 12.0. The highest BCUT2D eigenvalue weighted by molar-refractivity contribution is 6.32. The van der Waals surface area contributed by atoms with E-state index < -0.39 is 0 Å². The minimum Gasteiger partial charge on any atom is -0.490 e. The number of hydrogen-bond acceptors (Lipinski definition) is 3. The first-order chi connectivity index (χ1) is 11.6. The molecule has 0 aliphatic heterocycles. The quantitative estimate of drug-likeness (QED) is 0.716. The van der Waals surface area contributed by atoms with Gasteiger partial charge in [-0.05, 0) is 36.6 Å². The van der Waals surface area contributed by atoms with Crippen LogP contribution in [0.25, 0.3) is 0 Å². The average molecular weight is 349 g/mol. The molecule has 0 aromatic heterocycles. The van der Waals surface area contributed by atoms with E-state index in [0.29, 0.717) is 36.0 Å². The lowest BCUT2D eigenvalue weighted by Crippen LogP contribution is -2.30. The molecule has 0 atom stereocenters. The minimum absolute atomic E-state index is 0.0305. The third kappa shape index (κ3) is 5.15. The van der Waals surface area contributed by atoms with Crippen LogP contribution in [0.3, 0.4) is 0 Å². The highest BCUT2D eigenvalue weighted by Gasteiger charge is 2.10. The number of halogens is 1. The Balaban J connectivity index is 1.86. The molecule has 24 heavy (non-hydrogen) atoms. The maximum Gasteiger partial charge on any atom is 0.319 e. The number of aliphatic hydroxyl groups excluding tert-OH is 1. The lowest BCUT2D eigenvalue weighted by atomic mass is 10.1. The van der Waals surface area contributed by atoms with E-state index in [1.807, 2.05) is 31.2 Å². The second kappa shape index (κ2) is 9.15. The summed E-state index contributed by atoms with van der Waals surface area (Å²) in [5.41, 5.74) is 2.49. The number of urea groups is 1. The number of para-hydroxylation sites is 1. The molecule has 0 heterocycles. The third-order valence-electron chi connectivity index (χ3n) is 3.41. The van der Waals surface area contributed by atoms with Gasteiger partial charge in [0.05, 0.1) is 23.9 Å². The van der Waals surface area contributed by atoms with Crippen molar-refractivity contribution in [2.24, 2.45) is 0 Å². The normalized spacial score (nSPS) is 10.3. The van der Waals surface area contributed by atoms with Gasteiger partial charge in [-0.25, -0.2) is 4.79 Å². The highest BCUT2D eigenvalue weighted by Crippen LogP contribution is 2.32. The summed E-state index contributed by atoms with van der Waals surface area (Å²) in [6.07, 6.45) is 0.701. The van der Waals surface area contributed by atoms with Crippen molar-refractivity contribution in [3.63, 3.8) is 0 Å². The van der Waals surface area contributed by atoms with E-state index in [0.717, 1.165) is 11.1 Å². The number of anilines is 1. The van der Waals surface area contributed by atoms with Gasteiger partial charge in [-0.3, -0.25) is 0 Å². The zero-order chi connectivity index (χ0) is 17.4. The summed E-state index contributed by atoms with van der Waals surface area (Å²) in [7, 11) is 0. The largest absolute Gasteiger partial charge is 0.490 e. The molecule has 0 fully saturated rings. The van der Waals surface area contributed by atoms with E-state index in [1.54, 1.807) is 18.2 Å². The van der Waals surface area contributed by atoms with Crippen molar-refractivity contribution >= 4 is 23.3 Å². The molecule has 0 unspecified atom stereocenters. The van der Waals surface area contributed by atoms with Crippen LogP contribution in [-0.2, 0) is 13.0 Å². The van der Waals surface area contributed by atoms with Crippen molar-refractivity contribution < 1.29 is 14.6 Å². The topological polar surface area (TPSA) is 70.6 Å². The van der Waals surface area contributed by atoms with Crippen molar-refractivity contribution in [3.8, 4) is 5.75 Å². The fourth-order valence-corrected chi connectivity index (χ4v) is 2.43. The number of carbonyl (C=O) groups excluding carboxylic acids is 1. The number of hydrogen-bond donors (Lipinski definition) is 3. The van der Waals surface area contributed by atoms with Gasteiger partial charge >= 0.3 is 6.03 Å². The van der Waals surface area contributed by atoms with Gasteiger partial charge in [0.25, 0.3) is 0 Å². The molecule has 2 rings (SSSR count). The number of nitrogens with one attached hydrogen (secondary N) is 2. The Bertz CT molecular complexity index is 674. The van der Waals surface area contributed by atoms with Crippen molar-refractivity contribution in [3.05, 3.63) is 58.6 Å². The van der Waals surface area contributed by atoms with Gasteiger partial charge in [0.1, 0.15) is 0 Å². The van der Waals surface area contributed by atoms with E-state index in [9.17, 15) is 4.79 Å². The van der Waals surface area contributed by atoms with E-state index in [2.05, 4.69) is 10.6 Å². The summed E-state index contributed by atoms with van der Waals surface area (Å²) in [6, 6.07) is 12.5. The van der Waals surface area contributed by atoms with Crippen molar-refractivity contribution in [2.45, 2.75) is 20.0 Å². The Kier molecular flexibility index (Phi) is 6.90. The van der Waals surface area contributed by atoms with E-state index in [1.165, 1.54) is 0 Å². The Labute approximate surface area is 146 Å². The van der Waals surface area contributed by atoms with Crippen molar-refractivity contribution in [1.82, 2.24) is 5.32 Å². The lowest BCUT2D eigenvalue weighted by Gasteiger charge is -2.13. The Hall–Kier alpha value is -2.24.